The Bertz CT molecular complexity index is 292. The van der Waals surface area contributed by atoms with Crippen LogP contribution in [0.5, 0.6) is 0 Å². The number of rotatable bonds is 2. The first-order chi connectivity index (χ1) is 7.28. The van der Waals surface area contributed by atoms with Crippen LogP contribution in [0.4, 0.5) is 0 Å². The van der Waals surface area contributed by atoms with Crippen molar-refractivity contribution in [1.29, 1.82) is 0 Å². The summed E-state index contributed by atoms with van der Waals surface area (Å²) in [6.07, 6.45) is 14.8. The van der Waals surface area contributed by atoms with Crippen molar-refractivity contribution < 1.29 is 0 Å². The van der Waals surface area contributed by atoms with Gasteiger partial charge in [-0.25, -0.2) is 0 Å². The highest BCUT2D eigenvalue weighted by Crippen LogP contribution is 2.44. The fraction of sp³-hybridized carbons (Fsp3) is 0.714. The SMILES string of the molecule is CC1(C2C=CC=CC2)CN(C2CCC2)C1. The minimum absolute atomic E-state index is 0.566. The summed E-state index contributed by atoms with van der Waals surface area (Å²) in [6, 6.07) is 0.946. The average Bonchev–Trinajstić information content (AvgIpc) is 2.14. The Morgan fingerprint density at radius 1 is 1.20 bits per heavy atom. The molecule has 82 valence electrons. The maximum Gasteiger partial charge on any atom is 0.00957 e. The Balaban J connectivity index is 1.58. The summed E-state index contributed by atoms with van der Waals surface area (Å²) in [7, 11) is 0. The minimum Gasteiger partial charge on any atom is -0.299 e. The Hall–Kier alpha value is -0.560. The van der Waals surface area contributed by atoms with Crippen LogP contribution in [0, 0.1) is 11.3 Å². The van der Waals surface area contributed by atoms with Crippen LogP contribution in [0.3, 0.4) is 0 Å². The lowest BCUT2D eigenvalue weighted by Crippen LogP contribution is -2.62. The fourth-order valence-electron chi connectivity index (χ4n) is 3.22. The van der Waals surface area contributed by atoms with Gasteiger partial charge < -0.3 is 0 Å². The maximum absolute atomic E-state index is 2.70. The van der Waals surface area contributed by atoms with Crippen molar-refractivity contribution in [3.8, 4) is 0 Å². The monoisotopic (exact) mass is 203 g/mol. The predicted molar refractivity (Wildman–Crippen MR) is 63.7 cm³/mol. The third-order valence-corrected chi connectivity index (χ3v) is 4.60. The van der Waals surface area contributed by atoms with E-state index in [1.54, 1.807) is 0 Å². The summed E-state index contributed by atoms with van der Waals surface area (Å²) in [6.45, 7) is 5.14. The van der Waals surface area contributed by atoms with Crippen LogP contribution < -0.4 is 0 Å². The molecule has 0 N–H and O–H groups in total. The maximum atomic E-state index is 2.70. The molecule has 1 saturated carbocycles. The van der Waals surface area contributed by atoms with Crippen LogP contribution in [0.25, 0.3) is 0 Å². The van der Waals surface area contributed by atoms with Gasteiger partial charge >= 0.3 is 0 Å². The molecule has 1 unspecified atom stereocenters. The first-order valence-corrected chi connectivity index (χ1v) is 6.35. The van der Waals surface area contributed by atoms with Crippen molar-refractivity contribution >= 4 is 0 Å². The topological polar surface area (TPSA) is 3.24 Å². The second-order valence-electron chi connectivity index (χ2n) is 5.80. The molecule has 2 aliphatic carbocycles. The van der Waals surface area contributed by atoms with E-state index in [2.05, 4.69) is 36.1 Å². The van der Waals surface area contributed by atoms with Gasteiger partial charge in [0.25, 0.3) is 0 Å². The van der Waals surface area contributed by atoms with E-state index in [-0.39, 0.29) is 0 Å². The minimum atomic E-state index is 0.566. The lowest BCUT2D eigenvalue weighted by Gasteiger charge is -2.56. The van der Waals surface area contributed by atoms with Crippen molar-refractivity contribution in [2.24, 2.45) is 11.3 Å². The molecule has 1 atom stereocenters. The first-order valence-electron chi connectivity index (χ1n) is 6.35. The molecule has 2 fully saturated rings. The molecule has 0 aromatic carbocycles. The van der Waals surface area contributed by atoms with Crippen LogP contribution in [-0.4, -0.2) is 24.0 Å². The highest BCUT2D eigenvalue weighted by atomic mass is 15.2. The van der Waals surface area contributed by atoms with E-state index in [0.717, 1.165) is 12.0 Å². The van der Waals surface area contributed by atoms with Gasteiger partial charge in [0.15, 0.2) is 0 Å². The molecule has 3 aliphatic rings. The van der Waals surface area contributed by atoms with E-state index in [0.29, 0.717) is 5.41 Å². The first kappa shape index (κ1) is 9.65. The van der Waals surface area contributed by atoms with E-state index in [4.69, 9.17) is 0 Å². The average molecular weight is 203 g/mol. The molecule has 3 rings (SSSR count). The molecular formula is C14H21N. The number of nitrogens with zero attached hydrogens (tertiary/aromatic N) is 1. The molecule has 15 heavy (non-hydrogen) atoms. The van der Waals surface area contributed by atoms with E-state index < -0.39 is 0 Å². The number of likely N-dealkylation sites (tertiary alicyclic amines) is 1. The standard InChI is InChI=1S/C14H21N/c1-14(12-6-3-2-4-7-12)10-15(11-14)13-8-5-9-13/h2-4,6,12-13H,5,7-11H2,1H3. The van der Waals surface area contributed by atoms with Crippen molar-refractivity contribution in [3.05, 3.63) is 24.3 Å². The molecule has 1 nitrogen and oxygen atoms in total. The van der Waals surface area contributed by atoms with Gasteiger partial charge in [-0.05, 0) is 30.6 Å². The summed E-state index contributed by atoms with van der Waals surface area (Å²) in [5.41, 5.74) is 0.566. The molecule has 1 heterocycles. The van der Waals surface area contributed by atoms with Crippen LogP contribution >= 0.6 is 0 Å². The summed E-state index contributed by atoms with van der Waals surface area (Å²) in [5.74, 6) is 0.791. The largest absolute Gasteiger partial charge is 0.299 e. The van der Waals surface area contributed by atoms with Crippen molar-refractivity contribution in [2.45, 2.75) is 38.6 Å². The van der Waals surface area contributed by atoms with Crippen LogP contribution in [0.1, 0.15) is 32.6 Å². The zero-order valence-corrected chi connectivity index (χ0v) is 9.65. The zero-order chi connectivity index (χ0) is 10.3. The lowest BCUT2D eigenvalue weighted by molar-refractivity contribution is -0.0655. The second-order valence-corrected chi connectivity index (χ2v) is 5.80. The van der Waals surface area contributed by atoms with Crippen LogP contribution in [0.15, 0.2) is 24.3 Å². The van der Waals surface area contributed by atoms with Gasteiger partial charge in [0, 0.05) is 19.1 Å². The molecule has 0 spiro atoms. The molecule has 1 aliphatic heterocycles. The third kappa shape index (κ3) is 1.57. The van der Waals surface area contributed by atoms with Crippen molar-refractivity contribution in [1.82, 2.24) is 4.90 Å². The van der Waals surface area contributed by atoms with Gasteiger partial charge in [-0.1, -0.05) is 37.6 Å². The Morgan fingerprint density at radius 3 is 2.53 bits per heavy atom. The smallest absolute Gasteiger partial charge is 0.00957 e. The molecular weight excluding hydrogens is 182 g/mol. The number of allylic oxidation sites excluding steroid dienone is 4. The van der Waals surface area contributed by atoms with Crippen LogP contribution in [-0.2, 0) is 0 Å². The third-order valence-electron chi connectivity index (χ3n) is 4.60. The quantitative estimate of drug-likeness (QED) is 0.667. The summed E-state index contributed by atoms with van der Waals surface area (Å²) in [4.78, 5) is 2.70. The lowest BCUT2D eigenvalue weighted by atomic mass is 9.67. The molecule has 0 aromatic rings. The molecule has 0 bridgehead atoms. The van der Waals surface area contributed by atoms with E-state index in [1.807, 2.05) is 0 Å². The second kappa shape index (κ2) is 3.48. The summed E-state index contributed by atoms with van der Waals surface area (Å²) >= 11 is 0. The van der Waals surface area contributed by atoms with Gasteiger partial charge in [-0.3, -0.25) is 4.90 Å². The van der Waals surface area contributed by atoms with Gasteiger partial charge in [-0.2, -0.15) is 0 Å². The summed E-state index contributed by atoms with van der Waals surface area (Å²) < 4.78 is 0. The van der Waals surface area contributed by atoms with E-state index in [9.17, 15) is 0 Å². The van der Waals surface area contributed by atoms with Gasteiger partial charge in [0.2, 0.25) is 0 Å². The predicted octanol–water partition coefficient (Wildman–Crippen LogP) is 2.99. The normalized spacial score (nSPS) is 34.9. The van der Waals surface area contributed by atoms with Gasteiger partial charge in [-0.15, -0.1) is 0 Å². The molecule has 0 amide bonds. The highest BCUT2D eigenvalue weighted by Gasteiger charge is 2.46. The van der Waals surface area contributed by atoms with Crippen molar-refractivity contribution in [3.63, 3.8) is 0 Å². The van der Waals surface area contributed by atoms with E-state index in [1.165, 1.54) is 38.8 Å². The van der Waals surface area contributed by atoms with Crippen molar-refractivity contribution in [2.75, 3.05) is 13.1 Å². The Kier molecular flexibility index (Phi) is 2.24. The summed E-state index contributed by atoms with van der Waals surface area (Å²) in [5, 5.41) is 0. The van der Waals surface area contributed by atoms with Crippen LogP contribution in [0.2, 0.25) is 0 Å². The Labute approximate surface area is 92.8 Å². The Morgan fingerprint density at radius 2 is 2.00 bits per heavy atom. The van der Waals surface area contributed by atoms with E-state index >= 15 is 0 Å². The van der Waals surface area contributed by atoms with Gasteiger partial charge in [0.1, 0.15) is 0 Å². The van der Waals surface area contributed by atoms with Gasteiger partial charge in [0.05, 0.1) is 0 Å². The highest BCUT2D eigenvalue weighted by molar-refractivity contribution is 5.16. The molecule has 1 heteroatoms. The molecule has 1 saturated heterocycles. The number of hydrogen-bond acceptors (Lipinski definition) is 1. The fourth-order valence-corrected chi connectivity index (χ4v) is 3.22. The zero-order valence-electron chi connectivity index (χ0n) is 9.65. The number of hydrogen-bond donors (Lipinski definition) is 0. The molecule has 0 aromatic heterocycles. The molecule has 0 radical (unpaired) electrons.